The highest BCUT2D eigenvalue weighted by atomic mass is 15.2. The molecular weight excluding hydrogens is 146 g/mol. The fourth-order valence-electron chi connectivity index (χ4n) is 2.08. The monoisotopic (exact) mass is 165 g/mol. The zero-order valence-electron chi connectivity index (χ0n) is 8.43. The largest absolute Gasteiger partial charge is 0.285 e. The molecule has 0 aliphatic carbocycles. The van der Waals surface area contributed by atoms with E-state index in [2.05, 4.69) is 31.6 Å². The van der Waals surface area contributed by atoms with Crippen molar-refractivity contribution >= 4 is 0 Å². The quantitative estimate of drug-likeness (QED) is 0.567. The summed E-state index contributed by atoms with van der Waals surface area (Å²) in [6.07, 6.45) is 9.37. The van der Waals surface area contributed by atoms with Gasteiger partial charge in [-0.3, -0.25) is 4.90 Å². The van der Waals surface area contributed by atoms with Crippen LogP contribution in [-0.4, -0.2) is 23.0 Å². The Kier molecular flexibility index (Phi) is 2.80. The second kappa shape index (κ2) is 3.49. The van der Waals surface area contributed by atoms with Gasteiger partial charge in [-0.05, 0) is 39.7 Å². The van der Waals surface area contributed by atoms with Crippen LogP contribution >= 0.6 is 0 Å². The molecule has 1 aliphatic rings. The lowest BCUT2D eigenvalue weighted by atomic mass is 10.0. The number of nitrogens with zero attached hydrogens (tertiary/aromatic N) is 1. The summed E-state index contributed by atoms with van der Waals surface area (Å²) in [4.78, 5) is 2.47. The van der Waals surface area contributed by atoms with Gasteiger partial charge in [0.1, 0.15) is 0 Å². The minimum absolute atomic E-state index is 0.0445. The van der Waals surface area contributed by atoms with E-state index in [0.29, 0.717) is 0 Å². The fraction of sp³-hybridized carbons (Fsp3) is 0.818. The molecule has 1 atom stereocenters. The van der Waals surface area contributed by atoms with E-state index in [0.717, 1.165) is 6.04 Å². The summed E-state index contributed by atoms with van der Waals surface area (Å²) in [5.41, 5.74) is -0.0445. The molecule has 1 heteroatoms. The molecule has 0 radical (unpaired) electrons. The van der Waals surface area contributed by atoms with E-state index in [1.807, 2.05) is 0 Å². The van der Waals surface area contributed by atoms with E-state index < -0.39 is 0 Å². The van der Waals surface area contributed by atoms with E-state index in [9.17, 15) is 0 Å². The molecule has 0 aromatic rings. The molecule has 1 heterocycles. The van der Waals surface area contributed by atoms with Crippen LogP contribution in [0.1, 0.15) is 40.0 Å². The summed E-state index contributed by atoms with van der Waals surface area (Å²) in [6, 6.07) is 0.719. The maximum Gasteiger partial charge on any atom is 0.0768 e. The molecule has 12 heavy (non-hydrogen) atoms. The molecule has 0 spiro atoms. The Morgan fingerprint density at radius 1 is 1.58 bits per heavy atom. The predicted molar refractivity (Wildman–Crippen MR) is 52.9 cm³/mol. The van der Waals surface area contributed by atoms with E-state index in [1.54, 1.807) is 0 Å². The van der Waals surface area contributed by atoms with Crippen LogP contribution in [0.3, 0.4) is 0 Å². The maximum absolute atomic E-state index is 5.51. The number of rotatable bonds is 2. The van der Waals surface area contributed by atoms with Gasteiger partial charge in [0.05, 0.1) is 5.54 Å². The Morgan fingerprint density at radius 3 is 2.75 bits per heavy atom. The molecule has 1 unspecified atom stereocenters. The molecular formula is C11H19N. The van der Waals surface area contributed by atoms with Crippen LogP contribution in [-0.2, 0) is 0 Å². The smallest absolute Gasteiger partial charge is 0.0768 e. The Morgan fingerprint density at radius 2 is 2.25 bits per heavy atom. The zero-order valence-corrected chi connectivity index (χ0v) is 8.43. The Balaban J connectivity index is 2.68. The molecule has 1 nitrogen and oxygen atoms in total. The SMILES string of the molecule is C#CC(C)(C)N1CCCC1CC. The third kappa shape index (κ3) is 1.64. The summed E-state index contributed by atoms with van der Waals surface area (Å²) >= 11 is 0. The molecule has 0 bridgehead atoms. The topological polar surface area (TPSA) is 3.24 Å². The summed E-state index contributed by atoms with van der Waals surface area (Å²) in [5, 5.41) is 0. The zero-order chi connectivity index (χ0) is 9.19. The molecule has 1 aliphatic heterocycles. The van der Waals surface area contributed by atoms with Crippen molar-refractivity contribution in [1.82, 2.24) is 4.90 Å². The summed E-state index contributed by atoms with van der Waals surface area (Å²) in [6.45, 7) is 7.70. The fourth-order valence-corrected chi connectivity index (χ4v) is 2.08. The van der Waals surface area contributed by atoms with Gasteiger partial charge in [0.15, 0.2) is 0 Å². The van der Waals surface area contributed by atoms with Crippen LogP contribution in [0.2, 0.25) is 0 Å². The van der Waals surface area contributed by atoms with E-state index in [-0.39, 0.29) is 5.54 Å². The standard InChI is InChI=1S/C11H19N/c1-5-10-8-7-9-12(10)11(3,4)6-2/h2,10H,5,7-9H2,1,3-4H3. The highest BCUT2D eigenvalue weighted by Gasteiger charge is 2.33. The molecule has 0 N–H and O–H groups in total. The normalized spacial score (nSPS) is 25.7. The average Bonchev–Trinajstić information content (AvgIpc) is 2.52. The van der Waals surface area contributed by atoms with Crippen LogP contribution in [0.5, 0.6) is 0 Å². The van der Waals surface area contributed by atoms with Crippen molar-refractivity contribution < 1.29 is 0 Å². The lowest BCUT2D eigenvalue weighted by molar-refractivity contribution is 0.150. The second-order valence-corrected chi connectivity index (χ2v) is 4.10. The van der Waals surface area contributed by atoms with Crippen molar-refractivity contribution in [3.8, 4) is 12.3 Å². The number of terminal acetylenes is 1. The van der Waals surface area contributed by atoms with Gasteiger partial charge in [0.25, 0.3) is 0 Å². The van der Waals surface area contributed by atoms with Crippen molar-refractivity contribution in [2.75, 3.05) is 6.54 Å². The third-order valence-electron chi connectivity index (χ3n) is 2.92. The summed E-state index contributed by atoms with van der Waals surface area (Å²) in [5.74, 6) is 2.87. The summed E-state index contributed by atoms with van der Waals surface area (Å²) < 4.78 is 0. The van der Waals surface area contributed by atoms with Gasteiger partial charge in [-0.1, -0.05) is 12.8 Å². The number of likely N-dealkylation sites (tertiary alicyclic amines) is 1. The molecule has 1 saturated heterocycles. The predicted octanol–water partition coefficient (Wildman–Crippen LogP) is 2.27. The first kappa shape index (κ1) is 9.61. The molecule has 1 rings (SSSR count). The van der Waals surface area contributed by atoms with Crippen molar-refractivity contribution in [3.63, 3.8) is 0 Å². The van der Waals surface area contributed by atoms with E-state index >= 15 is 0 Å². The van der Waals surface area contributed by atoms with Crippen LogP contribution in [0.15, 0.2) is 0 Å². The highest BCUT2D eigenvalue weighted by Crippen LogP contribution is 2.27. The lowest BCUT2D eigenvalue weighted by Crippen LogP contribution is -2.45. The van der Waals surface area contributed by atoms with Crippen molar-refractivity contribution in [3.05, 3.63) is 0 Å². The Bertz CT molecular complexity index is 188. The van der Waals surface area contributed by atoms with Gasteiger partial charge >= 0.3 is 0 Å². The highest BCUT2D eigenvalue weighted by molar-refractivity contribution is 5.10. The van der Waals surface area contributed by atoms with Gasteiger partial charge < -0.3 is 0 Å². The molecule has 0 saturated carbocycles. The van der Waals surface area contributed by atoms with Gasteiger partial charge in [-0.2, -0.15) is 0 Å². The number of hydrogen-bond donors (Lipinski definition) is 0. The van der Waals surface area contributed by atoms with Crippen molar-refractivity contribution in [2.24, 2.45) is 0 Å². The minimum atomic E-state index is -0.0445. The molecule has 68 valence electrons. The van der Waals surface area contributed by atoms with E-state index in [1.165, 1.54) is 25.8 Å². The van der Waals surface area contributed by atoms with Crippen LogP contribution in [0, 0.1) is 12.3 Å². The Labute approximate surface area is 76.1 Å². The minimum Gasteiger partial charge on any atom is -0.285 e. The third-order valence-corrected chi connectivity index (χ3v) is 2.92. The molecule has 0 aromatic carbocycles. The molecule has 1 fully saturated rings. The number of hydrogen-bond acceptors (Lipinski definition) is 1. The van der Waals surface area contributed by atoms with Gasteiger partial charge in [-0.15, -0.1) is 6.42 Å². The first-order valence-electron chi connectivity index (χ1n) is 4.86. The van der Waals surface area contributed by atoms with Gasteiger partial charge in [0, 0.05) is 6.04 Å². The van der Waals surface area contributed by atoms with E-state index in [4.69, 9.17) is 6.42 Å². The average molecular weight is 165 g/mol. The first-order valence-corrected chi connectivity index (χ1v) is 4.86. The molecule has 0 amide bonds. The summed E-state index contributed by atoms with van der Waals surface area (Å²) in [7, 11) is 0. The van der Waals surface area contributed by atoms with Gasteiger partial charge in [0.2, 0.25) is 0 Å². The van der Waals surface area contributed by atoms with Crippen molar-refractivity contribution in [1.29, 1.82) is 0 Å². The van der Waals surface area contributed by atoms with Gasteiger partial charge in [-0.25, -0.2) is 0 Å². The second-order valence-electron chi connectivity index (χ2n) is 4.10. The first-order chi connectivity index (χ1) is 5.61. The van der Waals surface area contributed by atoms with Crippen LogP contribution in [0.25, 0.3) is 0 Å². The molecule has 0 aromatic heterocycles. The lowest BCUT2D eigenvalue weighted by Gasteiger charge is -2.35. The van der Waals surface area contributed by atoms with Crippen molar-refractivity contribution in [2.45, 2.75) is 51.6 Å². The van der Waals surface area contributed by atoms with Crippen LogP contribution in [0.4, 0.5) is 0 Å². The maximum atomic E-state index is 5.51. The van der Waals surface area contributed by atoms with Crippen LogP contribution < -0.4 is 0 Å². The Hall–Kier alpha value is -0.480.